The lowest BCUT2D eigenvalue weighted by Gasteiger charge is -1.96. The Hall–Kier alpha value is -1.28. The molecule has 0 saturated heterocycles. The van der Waals surface area contributed by atoms with E-state index in [1.165, 1.54) is 21.5 Å². The Morgan fingerprint density at radius 1 is 0.875 bits per heavy atom. The second-order valence-electron chi connectivity index (χ2n) is 3.92. The zero-order valence-electron chi connectivity index (χ0n) is 9.18. The lowest BCUT2D eigenvalue weighted by molar-refractivity contribution is 0.773. The summed E-state index contributed by atoms with van der Waals surface area (Å²) in [4.78, 5) is 0. The van der Waals surface area contributed by atoms with Gasteiger partial charge in [-0.15, -0.1) is 17.0 Å². The van der Waals surface area contributed by atoms with Crippen LogP contribution in [0, 0.1) is 0 Å². The first kappa shape index (κ1) is 11.2. The number of halogens is 1. The van der Waals surface area contributed by atoms with Gasteiger partial charge in [-0.3, -0.25) is 0 Å². The minimum Gasteiger partial charge on any atom is -0.353 e. The predicted octanol–water partition coefficient (Wildman–Crippen LogP) is 4.39. The van der Waals surface area contributed by atoms with Gasteiger partial charge >= 0.3 is 0 Å². The number of aromatic nitrogens is 1. The molecule has 0 bridgehead atoms. The molecule has 0 N–H and O–H groups in total. The van der Waals surface area contributed by atoms with Crippen LogP contribution in [0.5, 0.6) is 0 Å². The maximum absolute atomic E-state index is 2.26. The summed E-state index contributed by atoms with van der Waals surface area (Å²) >= 11 is 0. The van der Waals surface area contributed by atoms with Crippen molar-refractivity contribution in [2.45, 2.75) is 13.5 Å². The van der Waals surface area contributed by atoms with E-state index in [9.17, 15) is 0 Å². The van der Waals surface area contributed by atoms with E-state index >= 15 is 0 Å². The number of hydrogen-bond acceptors (Lipinski definition) is 0. The highest BCUT2D eigenvalue weighted by atomic mass is 79.9. The van der Waals surface area contributed by atoms with Crippen LogP contribution in [0.4, 0.5) is 0 Å². The Balaban J connectivity index is 0.000000963. The Kier molecular flexibility index (Phi) is 3.01. The average molecular weight is 276 g/mol. The molecule has 0 aliphatic heterocycles. The SMILES string of the molecule is Br.CCn1cc2cc3ccccc3cc2c1. The van der Waals surface area contributed by atoms with Crippen molar-refractivity contribution < 1.29 is 0 Å². The number of nitrogens with zero attached hydrogens (tertiary/aromatic N) is 1. The first-order valence-corrected chi connectivity index (χ1v) is 5.35. The van der Waals surface area contributed by atoms with Crippen molar-refractivity contribution in [2.75, 3.05) is 0 Å². The van der Waals surface area contributed by atoms with Crippen LogP contribution in [0.3, 0.4) is 0 Å². The molecule has 1 heterocycles. The van der Waals surface area contributed by atoms with E-state index in [2.05, 4.69) is 60.3 Å². The maximum atomic E-state index is 2.26. The van der Waals surface area contributed by atoms with E-state index in [0.717, 1.165) is 6.54 Å². The Bertz CT molecular complexity index is 572. The molecule has 0 unspecified atom stereocenters. The molecule has 82 valence electrons. The van der Waals surface area contributed by atoms with E-state index in [1.54, 1.807) is 0 Å². The van der Waals surface area contributed by atoms with Gasteiger partial charge in [0.15, 0.2) is 0 Å². The van der Waals surface area contributed by atoms with Gasteiger partial charge in [-0.1, -0.05) is 24.3 Å². The first-order valence-electron chi connectivity index (χ1n) is 5.35. The molecule has 2 aromatic carbocycles. The van der Waals surface area contributed by atoms with E-state index in [-0.39, 0.29) is 17.0 Å². The summed E-state index contributed by atoms with van der Waals surface area (Å²) in [6, 6.07) is 13.0. The summed E-state index contributed by atoms with van der Waals surface area (Å²) in [5, 5.41) is 5.30. The van der Waals surface area contributed by atoms with Gasteiger partial charge in [0.1, 0.15) is 0 Å². The molecule has 1 nitrogen and oxygen atoms in total. The summed E-state index contributed by atoms with van der Waals surface area (Å²) < 4.78 is 2.23. The molecule has 3 rings (SSSR count). The Labute approximate surface area is 105 Å². The number of rotatable bonds is 1. The third-order valence-electron chi connectivity index (χ3n) is 2.93. The van der Waals surface area contributed by atoms with Crippen LogP contribution in [-0.2, 0) is 6.54 Å². The molecule has 0 amide bonds. The second-order valence-corrected chi connectivity index (χ2v) is 3.92. The standard InChI is InChI=1S/C14H13N.BrH/c1-2-15-9-13-7-11-5-3-4-6-12(11)8-14(13)10-15;/h3-10H,2H2,1H3;1H. The molecule has 1 aromatic heterocycles. The minimum absolute atomic E-state index is 0. The van der Waals surface area contributed by atoms with Gasteiger partial charge in [0.25, 0.3) is 0 Å². The summed E-state index contributed by atoms with van der Waals surface area (Å²) in [5.41, 5.74) is 0. The second kappa shape index (κ2) is 4.30. The molecule has 0 aliphatic rings. The third-order valence-corrected chi connectivity index (χ3v) is 2.93. The molecule has 0 atom stereocenters. The molecule has 0 saturated carbocycles. The van der Waals surface area contributed by atoms with Gasteiger partial charge in [-0.2, -0.15) is 0 Å². The van der Waals surface area contributed by atoms with Gasteiger partial charge < -0.3 is 4.57 Å². The number of hydrogen-bond donors (Lipinski definition) is 0. The highest BCUT2D eigenvalue weighted by Crippen LogP contribution is 2.23. The van der Waals surface area contributed by atoms with Gasteiger partial charge in [-0.05, 0) is 40.6 Å². The van der Waals surface area contributed by atoms with Crippen molar-refractivity contribution in [3.05, 3.63) is 48.8 Å². The Morgan fingerprint density at radius 3 is 1.81 bits per heavy atom. The molecule has 0 fully saturated rings. The average Bonchev–Trinajstić information content (AvgIpc) is 2.67. The molecule has 0 radical (unpaired) electrons. The highest BCUT2D eigenvalue weighted by Gasteiger charge is 1.99. The summed E-state index contributed by atoms with van der Waals surface area (Å²) in [5.74, 6) is 0. The van der Waals surface area contributed by atoms with Crippen molar-refractivity contribution in [3.8, 4) is 0 Å². The topological polar surface area (TPSA) is 4.93 Å². The third kappa shape index (κ3) is 1.74. The number of benzene rings is 2. The maximum Gasteiger partial charge on any atom is 0.0191 e. The lowest BCUT2D eigenvalue weighted by Crippen LogP contribution is -1.85. The molecule has 0 aliphatic carbocycles. The lowest BCUT2D eigenvalue weighted by atomic mass is 10.1. The van der Waals surface area contributed by atoms with Crippen LogP contribution in [0.25, 0.3) is 21.5 Å². The zero-order valence-corrected chi connectivity index (χ0v) is 10.9. The summed E-state index contributed by atoms with van der Waals surface area (Å²) in [6.45, 7) is 3.20. The van der Waals surface area contributed by atoms with Crippen LogP contribution < -0.4 is 0 Å². The van der Waals surface area contributed by atoms with E-state index < -0.39 is 0 Å². The normalized spacial score (nSPS) is 10.6. The largest absolute Gasteiger partial charge is 0.353 e. The van der Waals surface area contributed by atoms with Crippen LogP contribution in [0.2, 0.25) is 0 Å². The minimum atomic E-state index is 0. The Morgan fingerprint density at radius 2 is 1.38 bits per heavy atom. The molecule has 0 spiro atoms. The summed E-state index contributed by atoms with van der Waals surface area (Å²) in [6.07, 6.45) is 4.42. The molecule has 2 heteroatoms. The molecule has 3 aromatic rings. The van der Waals surface area contributed by atoms with Gasteiger partial charge in [-0.25, -0.2) is 0 Å². The smallest absolute Gasteiger partial charge is 0.0191 e. The van der Waals surface area contributed by atoms with Gasteiger partial charge in [0, 0.05) is 18.9 Å². The van der Waals surface area contributed by atoms with Crippen LogP contribution in [0.1, 0.15) is 6.92 Å². The van der Waals surface area contributed by atoms with E-state index in [0.29, 0.717) is 0 Å². The van der Waals surface area contributed by atoms with Gasteiger partial charge in [0.2, 0.25) is 0 Å². The fourth-order valence-electron chi connectivity index (χ4n) is 2.08. The van der Waals surface area contributed by atoms with Crippen LogP contribution in [0.15, 0.2) is 48.8 Å². The number of aryl methyl sites for hydroxylation is 1. The first-order chi connectivity index (χ1) is 7.36. The zero-order chi connectivity index (χ0) is 10.3. The van der Waals surface area contributed by atoms with Crippen LogP contribution in [-0.4, -0.2) is 4.57 Å². The molecular weight excluding hydrogens is 262 g/mol. The van der Waals surface area contributed by atoms with Crippen molar-refractivity contribution in [1.29, 1.82) is 0 Å². The van der Waals surface area contributed by atoms with Crippen molar-refractivity contribution in [2.24, 2.45) is 0 Å². The fourth-order valence-corrected chi connectivity index (χ4v) is 2.08. The monoisotopic (exact) mass is 275 g/mol. The van der Waals surface area contributed by atoms with Gasteiger partial charge in [0.05, 0.1) is 0 Å². The van der Waals surface area contributed by atoms with Crippen molar-refractivity contribution in [1.82, 2.24) is 4.57 Å². The van der Waals surface area contributed by atoms with Crippen molar-refractivity contribution in [3.63, 3.8) is 0 Å². The number of fused-ring (bicyclic) bond motifs is 2. The highest BCUT2D eigenvalue weighted by molar-refractivity contribution is 8.93. The molecule has 16 heavy (non-hydrogen) atoms. The van der Waals surface area contributed by atoms with Crippen LogP contribution >= 0.6 is 17.0 Å². The summed E-state index contributed by atoms with van der Waals surface area (Å²) in [7, 11) is 0. The van der Waals surface area contributed by atoms with Crippen molar-refractivity contribution >= 4 is 38.5 Å². The fraction of sp³-hybridized carbons (Fsp3) is 0.143. The quantitative estimate of drug-likeness (QED) is 0.621. The van der Waals surface area contributed by atoms with E-state index in [1.807, 2.05) is 0 Å². The molecular formula is C14H14BrN. The predicted molar refractivity (Wildman–Crippen MR) is 75.4 cm³/mol. The van der Waals surface area contributed by atoms with E-state index in [4.69, 9.17) is 0 Å².